The van der Waals surface area contributed by atoms with Gasteiger partial charge in [0.15, 0.2) is 0 Å². The maximum absolute atomic E-state index is 13.6. The lowest BCUT2D eigenvalue weighted by Gasteiger charge is -2.10. The van der Waals surface area contributed by atoms with Crippen LogP contribution >= 0.6 is 23.4 Å². The summed E-state index contributed by atoms with van der Waals surface area (Å²) in [4.78, 5) is 4.30. The highest BCUT2D eigenvalue weighted by Gasteiger charge is 2.13. The number of thioether (sulfide) groups is 1. The molecule has 106 valence electrons. The van der Waals surface area contributed by atoms with Crippen molar-refractivity contribution in [3.63, 3.8) is 0 Å². The van der Waals surface area contributed by atoms with E-state index >= 15 is 0 Å². The van der Waals surface area contributed by atoms with E-state index in [-0.39, 0.29) is 33.7 Å². The zero-order chi connectivity index (χ0) is 14.9. The number of rotatable bonds is 3. The molecule has 6 N–H and O–H groups in total. The van der Waals surface area contributed by atoms with Gasteiger partial charge in [0.25, 0.3) is 0 Å². The molecule has 0 unspecified atom stereocenters. The van der Waals surface area contributed by atoms with E-state index in [2.05, 4.69) is 4.98 Å². The second-order valence-electron chi connectivity index (χ2n) is 3.98. The minimum absolute atomic E-state index is 0.00524. The van der Waals surface area contributed by atoms with E-state index in [9.17, 15) is 8.78 Å². The molecule has 2 aromatic rings. The van der Waals surface area contributed by atoms with Crippen molar-refractivity contribution in [1.82, 2.24) is 4.98 Å². The van der Waals surface area contributed by atoms with Gasteiger partial charge in [-0.3, -0.25) is 0 Å². The van der Waals surface area contributed by atoms with Crippen molar-refractivity contribution in [3.8, 4) is 0 Å². The average molecular weight is 317 g/mol. The Morgan fingerprint density at radius 1 is 1.10 bits per heavy atom. The fraction of sp³-hybridized carbons (Fsp3) is 0.0833. The van der Waals surface area contributed by atoms with Crippen molar-refractivity contribution in [2.75, 3.05) is 17.2 Å². The molecule has 1 heterocycles. The van der Waals surface area contributed by atoms with Crippen LogP contribution in [0.5, 0.6) is 0 Å². The molecule has 8 heteroatoms. The number of benzene rings is 1. The molecule has 4 nitrogen and oxygen atoms in total. The molecule has 0 aliphatic rings. The third-order valence-electron chi connectivity index (χ3n) is 2.55. The number of nitrogens with two attached hydrogens (primary N) is 3. The predicted octanol–water partition coefficient (Wildman–Crippen LogP) is 3.05. The lowest BCUT2D eigenvalue weighted by molar-refractivity contribution is 0.566. The smallest absolute Gasteiger partial charge is 0.150 e. The number of halogens is 3. The molecule has 1 aromatic carbocycles. The van der Waals surface area contributed by atoms with Crippen molar-refractivity contribution in [1.29, 1.82) is 0 Å². The number of nitrogen functional groups attached to an aromatic ring is 3. The van der Waals surface area contributed by atoms with Crippen LogP contribution in [0, 0.1) is 11.6 Å². The number of nitrogens with zero attached hydrogens (tertiary/aromatic N) is 1. The summed E-state index contributed by atoms with van der Waals surface area (Å²) < 4.78 is 27.3. The van der Waals surface area contributed by atoms with Gasteiger partial charge in [-0.2, -0.15) is 0 Å². The second kappa shape index (κ2) is 5.72. The quantitative estimate of drug-likeness (QED) is 0.757. The number of anilines is 3. The van der Waals surface area contributed by atoms with E-state index in [1.54, 1.807) is 0 Å². The van der Waals surface area contributed by atoms with Gasteiger partial charge in [0.2, 0.25) is 0 Å². The number of pyridine rings is 1. The van der Waals surface area contributed by atoms with Gasteiger partial charge in [-0.1, -0.05) is 11.6 Å². The van der Waals surface area contributed by atoms with Crippen LogP contribution in [0.15, 0.2) is 23.1 Å². The molecule has 0 atom stereocenters. The summed E-state index contributed by atoms with van der Waals surface area (Å²) in [5, 5.41) is 0.00524. The largest absolute Gasteiger partial charge is 0.395 e. The Kier molecular flexibility index (Phi) is 4.20. The third kappa shape index (κ3) is 3.05. The van der Waals surface area contributed by atoms with Crippen molar-refractivity contribution in [3.05, 3.63) is 40.4 Å². The lowest BCUT2D eigenvalue weighted by atomic mass is 10.2. The van der Waals surface area contributed by atoms with Gasteiger partial charge in [0.05, 0.1) is 5.69 Å². The van der Waals surface area contributed by atoms with Crippen molar-refractivity contribution >= 4 is 40.7 Å². The third-order valence-corrected chi connectivity index (χ3v) is 3.85. The molecule has 0 saturated carbocycles. The SMILES string of the molecule is Nc1cc(SCc2c(F)cc(Cl)cc2F)c(N)c(N)n1. The lowest BCUT2D eigenvalue weighted by Crippen LogP contribution is -2.03. The Bertz CT molecular complexity index is 643. The molecule has 1 aromatic heterocycles. The van der Waals surface area contributed by atoms with Crippen LogP contribution in [0.25, 0.3) is 0 Å². The molecule has 0 spiro atoms. The molecule has 0 bridgehead atoms. The molecule has 0 aliphatic carbocycles. The first kappa shape index (κ1) is 14.7. The molecule has 0 aliphatic heterocycles. The van der Waals surface area contributed by atoms with Gasteiger partial charge in [-0.05, 0) is 18.2 Å². The molecule has 0 radical (unpaired) electrons. The molecular weight excluding hydrogens is 306 g/mol. The predicted molar refractivity (Wildman–Crippen MR) is 78.4 cm³/mol. The van der Waals surface area contributed by atoms with E-state index in [0.717, 1.165) is 23.9 Å². The van der Waals surface area contributed by atoms with Crippen LogP contribution in [0.1, 0.15) is 5.56 Å². The average Bonchev–Trinajstić information content (AvgIpc) is 2.33. The molecule has 0 fully saturated rings. The van der Waals surface area contributed by atoms with Gasteiger partial charge < -0.3 is 17.2 Å². The highest BCUT2D eigenvalue weighted by Crippen LogP contribution is 2.33. The summed E-state index contributed by atoms with van der Waals surface area (Å²) in [7, 11) is 0. The van der Waals surface area contributed by atoms with E-state index in [1.165, 1.54) is 6.07 Å². The first-order valence-corrected chi connectivity index (χ1v) is 6.82. The summed E-state index contributed by atoms with van der Waals surface area (Å²) in [6.45, 7) is 0. The van der Waals surface area contributed by atoms with E-state index < -0.39 is 11.6 Å². The Balaban J connectivity index is 2.26. The van der Waals surface area contributed by atoms with Crippen LogP contribution in [0.3, 0.4) is 0 Å². The number of hydrogen-bond acceptors (Lipinski definition) is 5. The van der Waals surface area contributed by atoms with E-state index in [4.69, 9.17) is 28.8 Å². The van der Waals surface area contributed by atoms with Gasteiger partial charge in [0, 0.05) is 21.2 Å². The monoisotopic (exact) mass is 316 g/mol. The molecular formula is C12H11ClF2N4S. The Labute approximate surface area is 123 Å². The Morgan fingerprint density at radius 2 is 1.70 bits per heavy atom. The van der Waals surface area contributed by atoms with Gasteiger partial charge >= 0.3 is 0 Å². The summed E-state index contributed by atoms with van der Waals surface area (Å²) >= 11 is 6.67. The summed E-state index contributed by atoms with van der Waals surface area (Å²) in [5.41, 5.74) is 17.0. The zero-order valence-corrected chi connectivity index (χ0v) is 11.7. The summed E-state index contributed by atoms with van der Waals surface area (Å²) in [6.07, 6.45) is 0. The topological polar surface area (TPSA) is 91.0 Å². The second-order valence-corrected chi connectivity index (χ2v) is 5.43. The molecule has 0 amide bonds. The van der Waals surface area contributed by atoms with E-state index in [0.29, 0.717) is 4.90 Å². The van der Waals surface area contributed by atoms with Gasteiger partial charge in [0.1, 0.15) is 23.3 Å². The van der Waals surface area contributed by atoms with Gasteiger partial charge in [-0.15, -0.1) is 11.8 Å². The standard InChI is InChI=1S/C12H11ClF2N4S/c13-5-1-7(14)6(8(15)2-5)4-20-9-3-10(16)19-12(18)11(9)17/h1-3H,4,17H2,(H4,16,18,19). The maximum Gasteiger partial charge on any atom is 0.150 e. The fourth-order valence-electron chi connectivity index (χ4n) is 1.55. The molecule has 0 saturated heterocycles. The molecule has 20 heavy (non-hydrogen) atoms. The van der Waals surface area contributed by atoms with Crippen molar-refractivity contribution < 1.29 is 8.78 Å². The van der Waals surface area contributed by atoms with Crippen LogP contribution in [-0.4, -0.2) is 4.98 Å². The normalized spacial score (nSPS) is 10.8. The van der Waals surface area contributed by atoms with Crippen LogP contribution < -0.4 is 17.2 Å². The summed E-state index contributed by atoms with van der Waals surface area (Å²) in [6, 6.07) is 3.61. The minimum Gasteiger partial charge on any atom is -0.395 e. The van der Waals surface area contributed by atoms with Crippen LogP contribution in [-0.2, 0) is 5.75 Å². The van der Waals surface area contributed by atoms with Crippen molar-refractivity contribution in [2.24, 2.45) is 0 Å². The minimum atomic E-state index is -0.712. The summed E-state index contributed by atoms with van der Waals surface area (Å²) in [5.74, 6) is -1.12. The fourth-order valence-corrected chi connectivity index (χ4v) is 2.78. The van der Waals surface area contributed by atoms with Crippen molar-refractivity contribution in [2.45, 2.75) is 10.6 Å². The number of aromatic nitrogens is 1. The maximum atomic E-state index is 13.6. The van der Waals surface area contributed by atoms with E-state index in [1.807, 2.05) is 0 Å². The first-order valence-electron chi connectivity index (χ1n) is 5.46. The first-order chi connectivity index (χ1) is 9.38. The van der Waals surface area contributed by atoms with Crippen LogP contribution in [0.2, 0.25) is 5.02 Å². The Hall–Kier alpha value is -1.73. The zero-order valence-electron chi connectivity index (χ0n) is 10.2. The van der Waals surface area contributed by atoms with Gasteiger partial charge in [-0.25, -0.2) is 13.8 Å². The van der Waals surface area contributed by atoms with Crippen LogP contribution in [0.4, 0.5) is 26.1 Å². The Morgan fingerprint density at radius 3 is 2.30 bits per heavy atom. The molecule has 2 rings (SSSR count). The highest BCUT2D eigenvalue weighted by atomic mass is 35.5. The highest BCUT2D eigenvalue weighted by molar-refractivity contribution is 7.98. The number of hydrogen-bond donors (Lipinski definition) is 3.